The van der Waals surface area contributed by atoms with E-state index in [1.165, 1.54) is 0 Å². The maximum atomic E-state index is 9.11. The molecule has 1 aromatic carbocycles. The van der Waals surface area contributed by atoms with Crippen molar-refractivity contribution >= 4 is 6.21 Å². The van der Waals surface area contributed by atoms with Crippen LogP contribution in [0.5, 0.6) is 5.75 Å². The van der Waals surface area contributed by atoms with Crippen molar-refractivity contribution in [2.75, 3.05) is 13.7 Å². The first kappa shape index (κ1) is 12.7. The number of nitrogens with zero attached hydrogens (tertiary/aromatic N) is 1. The molecule has 3 nitrogen and oxygen atoms in total. The summed E-state index contributed by atoms with van der Waals surface area (Å²) in [6.07, 6.45) is 1.75. The minimum absolute atomic E-state index is 0.0254. The molecule has 0 aromatic heterocycles. The summed E-state index contributed by atoms with van der Waals surface area (Å²) in [6, 6.07) is 5.92. The molecule has 0 aliphatic rings. The molecular weight excluding hydrogens is 202 g/mol. The van der Waals surface area contributed by atoms with Crippen LogP contribution < -0.4 is 4.74 Å². The van der Waals surface area contributed by atoms with Gasteiger partial charge in [0, 0.05) is 11.8 Å². The number of methoxy groups -OCH3 is 1. The number of aryl methyl sites for hydroxylation is 1. The number of aliphatic hydroxyl groups is 1. The van der Waals surface area contributed by atoms with Crippen molar-refractivity contribution in [3.8, 4) is 5.75 Å². The minimum Gasteiger partial charge on any atom is -0.496 e. The first-order valence-electron chi connectivity index (χ1n) is 5.29. The van der Waals surface area contributed by atoms with E-state index in [9.17, 15) is 0 Å². The fourth-order valence-electron chi connectivity index (χ4n) is 1.24. The Balaban J connectivity index is 3.00. The molecule has 1 rings (SSSR count). The maximum absolute atomic E-state index is 9.11. The summed E-state index contributed by atoms with van der Waals surface area (Å²) in [4.78, 5) is 4.34. The fraction of sp³-hybridized carbons (Fsp3) is 0.462. The van der Waals surface area contributed by atoms with Gasteiger partial charge in [-0.15, -0.1) is 0 Å². The minimum atomic E-state index is -0.450. The predicted octanol–water partition coefficient (Wildman–Crippen LogP) is 2.19. The number of hydrogen-bond acceptors (Lipinski definition) is 3. The van der Waals surface area contributed by atoms with Crippen molar-refractivity contribution in [2.24, 2.45) is 4.99 Å². The van der Waals surface area contributed by atoms with Crippen LogP contribution >= 0.6 is 0 Å². The molecule has 0 unspecified atom stereocenters. The van der Waals surface area contributed by atoms with Gasteiger partial charge in [0.25, 0.3) is 0 Å². The molecular formula is C13H19NO2. The van der Waals surface area contributed by atoms with E-state index in [0.29, 0.717) is 0 Å². The van der Waals surface area contributed by atoms with Crippen molar-refractivity contribution in [1.82, 2.24) is 0 Å². The Hall–Kier alpha value is -1.35. The zero-order chi connectivity index (χ0) is 12.2. The standard InChI is InChI=1S/C13H19NO2/c1-10-5-6-12(16-4)11(7-10)8-14-13(2,3)9-15/h5-8,15H,9H2,1-4H3/b14-8+. The lowest BCUT2D eigenvalue weighted by Gasteiger charge is -2.15. The molecule has 3 heteroatoms. The van der Waals surface area contributed by atoms with E-state index in [4.69, 9.17) is 9.84 Å². The summed E-state index contributed by atoms with van der Waals surface area (Å²) in [7, 11) is 1.64. The highest BCUT2D eigenvalue weighted by Gasteiger charge is 2.13. The third kappa shape index (κ3) is 3.35. The summed E-state index contributed by atoms with van der Waals surface area (Å²) in [6.45, 7) is 5.81. The van der Waals surface area contributed by atoms with Gasteiger partial charge in [-0.2, -0.15) is 0 Å². The Morgan fingerprint density at radius 1 is 1.44 bits per heavy atom. The first-order valence-corrected chi connectivity index (χ1v) is 5.29. The number of hydrogen-bond donors (Lipinski definition) is 1. The van der Waals surface area contributed by atoms with Gasteiger partial charge in [0.05, 0.1) is 19.3 Å². The van der Waals surface area contributed by atoms with Gasteiger partial charge in [0.15, 0.2) is 0 Å². The smallest absolute Gasteiger partial charge is 0.127 e. The molecule has 1 N–H and O–H groups in total. The van der Waals surface area contributed by atoms with Crippen LogP contribution in [0.4, 0.5) is 0 Å². The number of rotatable bonds is 4. The van der Waals surface area contributed by atoms with Gasteiger partial charge in [-0.05, 0) is 32.9 Å². The van der Waals surface area contributed by atoms with Gasteiger partial charge in [-0.1, -0.05) is 11.6 Å². The average molecular weight is 221 g/mol. The molecule has 0 aliphatic carbocycles. The normalized spacial score (nSPS) is 12.1. The van der Waals surface area contributed by atoms with Crippen molar-refractivity contribution in [2.45, 2.75) is 26.3 Å². The van der Waals surface area contributed by atoms with Crippen LogP contribution in [0, 0.1) is 6.92 Å². The molecule has 0 atom stereocenters. The quantitative estimate of drug-likeness (QED) is 0.792. The largest absolute Gasteiger partial charge is 0.496 e. The lowest BCUT2D eigenvalue weighted by molar-refractivity contribution is 0.223. The van der Waals surface area contributed by atoms with Gasteiger partial charge < -0.3 is 9.84 Å². The van der Waals surface area contributed by atoms with Crippen molar-refractivity contribution in [1.29, 1.82) is 0 Å². The van der Waals surface area contributed by atoms with Gasteiger partial charge in [0.2, 0.25) is 0 Å². The molecule has 0 aliphatic heterocycles. The zero-order valence-electron chi connectivity index (χ0n) is 10.3. The SMILES string of the molecule is COc1ccc(C)cc1/C=N/C(C)(C)CO. The topological polar surface area (TPSA) is 41.8 Å². The van der Waals surface area contributed by atoms with E-state index in [2.05, 4.69) is 4.99 Å². The monoisotopic (exact) mass is 221 g/mol. The second kappa shape index (κ2) is 5.12. The fourth-order valence-corrected chi connectivity index (χ4v) is 1.24. The average Bonchev–Trinajstić information content (AvgIpc) is 2.27. The molecule has 0 amide bonds. The van der Waals surface area contributed by atoms with Gasteiger partial charge in [0.1, 0.15) is 5.75 Å². The van der Waals surface area contributed by atoms with Crippen LogP contribution in [0.15, 0.2) is 23.2 Å². The Labute approximate surface area is 96.8 Å². The first-order chi connectivity index (χ1) is 7.48. The number of benzene rings is 1. The second-order valence-corrected chi connectivity index (χ2v) is 4.47. The van der Waals surface area contributed by atoms with Crippen LogP contribution in [0.1, 0.15) is 25.0 Å². The molecule has 0 radical (unpaired) electrons. The van der Waals surface area contributed by atoms with E-state index in [-0.39, 0.29) is 6.61 Å². The van der Waals surface area contributed by atoms with Crippen LogP contribution in [0.2, 0.25) is 0 Å². The molecule has 0 spiro atoms. The number of aliphatic hydroxyl groups excluding tert-OH is 1. The van der Waals surface area contributed by atoms with Crippen LogP contribution in [0.3, 0.4) is 0 Å². The highest BCUT2D eigenvalue weighted by atomic mass is 16.5. The van der Waals surface area contributed by atoms with Crippen LogP contribution in [-0.2, 0) is 0 Å². The van der Waals surface area contributed by atoms with E-state index < -0.39 is 5.54 Å². The third-order valence-corrected chi connectivity index (χ3v) is 2.33. The van der Waals surface area contributed by atoms with Gasteiger partial charge in [-0.25, -0.2) is 0 Å². The molecule has 16 heavy (non-hydrogen) atoms. The summed E-state index contributed by atoms with van der Waals surface area (Å²) in [5.41, 5.74) is 1.64. The number of ether oxygens (including phenoxy) is 1. The molecule has 0 saturated carbocycles. The lowest BCUT2D eigenvalue weighted by atomic mass is 10.1. The summed E-state index contributed by atoms with van der Waals surface area (Å²) in [5, 5.41) is 9.11. The summed E-state index contributed by atoms with van der Waals surface area (Å²) < 4.78 is 5.25. The lowest BCUT2D eigenvalue weighted by Crippen LogP contribution is -2.22. The van der Waals surface area contributed by atoms with Crippen molar-refractivity contribution in [3.05, 3.63) is 29.3 Å². The van der Waals surface area contributed by atoms with Crippen molar-refractivity contribution in [3.63, 3.8) is 0 Å². The second-order valence-electron chi connectivity index (χ2n) is 4.47. The van der Waals surface area contributed by atoms with Gasteiger partial charge in [-0.3, -0.25) is 4.99 Å². The highest BCUT2D eigenvalue weighted by molar-refractivity contribution is 5.84. The highest BCUT2D eigenvalue weighted by Crippen LogP contribution is 2.18. The Kier molecular flexibility index (Phi) is 4.07. The van der Waals surface area contributed by atoms with Crippen molar-refractivity contribution < 1.29 is 9.84 Å². The molecule has 1 aromatic rings. The Bertz CT molecular complexity index is 384. The molecule has 88 valence electrons. The zero-order valence-corrected chi connectivity index (χ0v) is 10.3. The molecule has 0 heterocycles. The third-order valence-electron chi connectivity index (χ3n) is 2.33. The van der Waals surface area contributed by atoms with E-state index in [0.717, 1.165) is 16.9 Å². The summed E-state index contributed by atoms with van der Waals surface area (Å²) in [5.74, 6) is 0.795. The molecule has 0 saturated heterocycles. The van der Waals surface area contributed by atoms with E-state index >= 15 is 0 Å². The Morgan fingerprint density at radius 2 is 2.12 bits per heavy atom. The Morgan fingerprint density at radius 3 is 2.69 bits per heavy atom. The van der Waals surface area contributed by atoms with E-state index in [1.807, 2.05) is 39.0 Å². The molecule has 0 bridgehead atoms. The summed E-state index contributed by atoms with van der Waals surface area (Å²) >= 11 is 0. The number of aliphatic imine (C=N–C) groups is 1. The predicted molar refractivity (Wildman–Crippen MR) is 66.5 cm³/mol. The van der Waals surface area contributed by atoms with E-state index in [1.54, 1.807) is 13.3 Å². The molecule has 0 fully saturated rings. The van der Waals surface area contributed by atoms with Crippen LogP contribution in [0.25, 0.3) is 0 Å². The van der Waals surface area contributed by atoms with Gasteiger partial charge >= 0.3 is 0 Å². The van der Waals surface area contributed by atoms with Crippen LogP contribution in [-0.4, -0.2) is 30.6 Å². The maximum Gasteiger partial charge on any atom is 0.127 e.